The van der Waals surface area contributed by atoms with Gasteiger partial charge in [-0.15, -0.1) is 0 Å². The average molecular weight is 289 g/mol. The maximum absolute atomic E-state index is 12.6. The molecular formula is C17H23NO3. The number of hydrogen-bond acceptors (Lipinski definition) is 3. The molecule has 2 unspecified atom stereocenters. The van der Waals surface area contributed by atoms with Gasteiger partial charge in [-0.25, -0.2) is 0 Å². The molecule has 1 amide bonds. The number of carbonyl (C=O) groups excluding carboxylic acids is 1. The maximum atomic E-state index is 12.6. The van der Waals surface area contributed by atoms with Gasteiger partial charge < -0.3 is 15.1 Å². The third kappa shape index (κ3) is 2.83. The van der Waals surface area contributed by atoms with E-state index in [9.17, 15) is 9.90 Å². The fourth-order valence-electron chi connectivity index (χ4n) is 3.69. The summed E-state index contributed by atoms with van der Waals surface area (Å²) in [5.41, 5.74) is 0.927. The first-order chi connectivity index (χ1) is 10.1. The van der Waals surface area contributed by atoms with Crippen LogP contribution in [-0.4, -0.2) is 39.7 Å². The van der Waals surface area contributed by atoms with Crippen LogP contribution in [-0.2, 0) is 6.61 Å². The van der Waals surface area contributed by atoms with Gasteiger partial charge in [-0.1, -0.05) is 25.0 Å². The lowest BCUT2D eigenvalue weighted by Gasteiger charge is -2.47. The van der Waals surface area contributed by atoms with Crippen LogP contribution in [0.5, 0.6) is 0 Å². The number of benzene rings is 1. The SMILES string of the molecule is O=C(c1ccc(CO)cc1)N1CCC2(O)CCCCC2C1. The van der Waals surface area contributed by atoms with Gasteiger partial charge in [0.25, 0.3) is 5.91 Å². The second-order valence-corrected chi connectivity index (χ2v) is 6.40. The average Bonchev–Trinajstić information content (AvgIpc) is 2.53. The predicted molar refractivity (Wildman–Crippen MR) is 79.8 cm³/mol. The van der Waals surface area contributed by atoms with Crippen molar-refractivity contribution in [3.05, 3.63) is 35.4 Å². The van der Waals surface area contributed by atoms with Gasteiger partial charge in [0.05, 0.1) is 12.2 Å². The number of amides is 1. The highest BCUT2D eigenvalue weighted by atomic mass is 16.3. The van der Waals surface area contributed by atoms with Crippen LogP contribution in [0.4, 0.5) is 0 Å². The standard InChI is InChI=1S/C17H23NO3/c19-12-13-4-6-14(7-5-13)16(20)18-10-9-17(21)8-2-1-3-15(17)11-18/h4-7,15,19,21H,1-3,8-12H2. The third-order valence-corrected chi connectivity index (χ3v) is 5.10. The summed E-state index contributed by atoms with van der Waals surface area (Å²) in [6.07, 6.45) is 4.84. The Morgan fingerprint density at radius 3 is 2.71 bits per heavy atom. The lowest BCUT2D eigenvalue weighted by Crippen LogP contribution is -2.54. The van der Waals surface area contributed by atoms with E-state index in [1.807, 2.05) is 4.90 Å². The van der Waals surface area contributed by atoms with Crippen LogP contribution < -0.4 is 0 Å². The van der Waals surface area contributed by atoms with E-state index in [4.69, 9.17) is 5.11 Å². The van der Waals surface area contributed by atoms with Crippen LogP contribution in [0.2, 0.25) is 0 Å². The molecule has 0 aromatic heterocycles. The van der Waals surface area contributed by atoms with E-state index in [1.54, 1.807) is 24.3 Å². The van der Waals surface area contributed by atoms with Crippen LogP contribution in [0.1, 0.15) is 48.0 Å². The highest BCUT2D eigenvalue weighted by Crippen LogP contribution is 2.40. The number of likely N-dealkylation sites (tertiary alicyclic amines) is 1. The van der Waals surface area contributed by atoms with Gasteiger partial charge in [-0.2, -0.15) is 0 Å². The van der Waals surface area contributed by atoms with Gasteiger partial charge in [-0.3, -0.25) is 4.79 Å². The second kappa shape index (κ2) is 5.78. The minimum Gasteiger partial charge on any atom is -0.392 e. The molecule has 1 aliphatic carbocycles. The smallest absolute Gasteiger partial charge is 0.253 e. The summed E-state index contributed by atoms with van der Waals surface area (Å²) in [5, 5.41) is 19.7. The second-order valence-electron chi connectivity index (χ2n) is 6.40. The molecule has 21 heavy (non-hydrogen) atoms. The molecule has 1 saturated carbocycles. The predicted octanol–water partition coefficient (Wildman–Crippen LogP) is 1.95. The molecule has 0 bridgehead atoms. The molecule has 0 spiro atoms. The van der Waals surface area contributed by atoms with Crippen LogP contribution >= 0.6 is 0 Å². The van der Waals surface area contributed by atoms with Crippen LogP contribution in [0, 0.1) is 5.92 Å². The van der Waals surface area contributed by atoms with Crippen molar-refractivity contribution < 1.29 is 15.0 Å². The number of piperidine rings is 1. The number of hydrogen-bond donors (Lipinski definition) is 2. The van der Waals surface area contributed by atoms with E-state index in [1.165, 1.54) is 0 Å². The van der Waals surface area contributed by atoms with E-state index < -0.39 is 5.60 Å². The molecule has 1 aromatic rings. The Morgan fingerprint density at radius 2 is 2.00 bits per heavy atom. The Labute approximate surface area is 125 Å². The van der Waals surface area contributed by atoms with E-state index in [-0.39, 0.29) is 18.4 Å². The van der Waals surface area contributed by atoms with Gasteiger partial charge >= 0.3 is 0 Å². The molecule has 2 aliphatic rings. The van der Waals surface area contributed by atoms with Crippen molar-refractivity contribution in [3.8, 4) is 0 Å². The third-order valence-electron chi connectivity index (χ3n) is 5.10. The van der Waals surface area contributed by atoms with Crippen molar-refractivity contribution in [1.82, 2.24) is 4.90 Å². The zero-order valence-electron chi connectivity index (χ0n) is 12.3. The van der Waals surface area contributed by atoms with Crippen molar-refractivity contribution in [2.24, 2.45) is 5.92 Å². The van der Waals surface area contributed by atoms with Crippen molar-refractivity contribution in [2.45, 2.75) is 44.3 Å². The Hall–Kier alpha value is -1.39. The molecule has 114 valence electrons. The molecule has 2 atom stereocenters. The van der Waals surface area contributed by atoms with E-state index >= 15 is 0 Å². The number of nitrogens with zero attached hydrogens (tertiary/aromatic N) is 1. The number of rotatable bonds is 2. The first-order valence-electron chi connectivity index (χ1n) is 7.84. The fraction of sp³-hybridized carbons (Fsp3) is 0.588. The topological polar surface area (TPSA) is 60.8 Å². The van der Waals surface area contributed by atoms with E-state index in [0.717, 1.165) is 31.2 Å². The molecule has 1 saturated heterocycles. The van der Waals surface area contributed by atoms with Crippen molar-refractivity contribution in [3.63, 3.8) is 0 Å². The summed E-state index contributed by atoms with van der Waals surface area (Å²) in [6, 6.07) is 7.12. The Kier molecular flexibility index (Phi) is 4.00. The molecule has 3 rings (SSSR count). The zero-order valence-corrected chi connectivity index (χ0v) is 12.3. The molecule has 4 heteroatoms. The summed E-state index contributed by atoms with van der Waals surface area (Å²) in [6.45, 7) is 1.29. The Balaban J connectivity index is 1.70. The van der Waals surface area contributed by atoms with E-state index in [0.29, 0.717) is 25.1 Å². The minimum absolute atomic E-state index is 0.00666. The first-order valence-corrected chi connectivity index (χ1v) is 7.84. The Morgan fingerprint density at radius 1 is 1.24 bits per heavy atom. The molecule has 1 aliphatic heterocycles. The summed E-state index contributed by atoms with van der Waals surface area (Å²) in [5.74, 6) is 0.257. The highest BCUT2D eigenvalue weighted by molar-refractivity contribution is 5.94. The summed E-state index contributed by atoms with van der Waals surface area (Å²) in [4.78, 5) is 14.4. The van der Waals surface area contributed by atoms with Crippen molar-refractivity contribution in [2.75, 3.05) is 13.1 Å². The van der Waals surface area contributed by atoms with Crippen LogP contribution in [0.25, 0.3) is 0 Å². The molecule has 1 aromatic carbocycles. The molecule has 4 nitrogen and oxygen atoms in total. The minimum atomic E-state index is -0.546. The quantitative estimate of drug-likeness (QED) is 0.875. The summed E-state index contributed by atoms with van der Waals surface area (Å²) in [7, 11) is 0. The Bertz CT molecular complexity index is 513. The van der Waals surface area contributed by atoms with Crippen molar-refractivity contribution >= 4 is 5.91 Å². The lowest BCUT2D eigenvalue weighted by atomic mass is 9.71. The largest absolute Gasteiger partial charge is 0.392 e. The normalized spacial score (nSPS) is 29.0. The highest BCUT2D eigenvalue weighted by Gasteiger charge is 2.43. The van der Waals surface area contributed by atoms with Crippen LogP contribution in [0.3, 0.4) is 0 Å². The van der Waals surface area contributed by atoms with Crippen molar-refractivity contribution in [1.29, 1.82) is 0 Å². The van der Waals surface area contributed by atoms with Gasteiger partial charge in [0.15, 0.2) is 0 Å². The molecule has 1 heterocycles. The van der Waals surface area contributed by atoms with Gasteiger partial charge in [0.1, 0.15) is 0 Å². The number of carbonyl (C=O) groups is 1. The van der Waals surface area contributed by atoms with Crippen LogP contribution in [0.15, 0.2) is 24.3 Å². The zero-order chi connectivity index (χ0) is 14.9. The monoisotopic (exact) mass is 289 g/mol. The molecular weight excluding hydrogens is 266 g/mol. The molecule has 0 radical (unpaired) electrons. The molecule has 2 N–H and O–H groups in total. The van der Waals surface area contributed by atoms with E-state index in [2.05, 4.69) is 0 Å². The maximum Gasteiger partial charge on any atom is 0.253 e. The summed E-state index contributed by atoms with van der Waals surface area (Å²) < 4.78 is 0. The number of aliphatic hydroxyl groups is 2. The number of fused-ring (bicyclic) bond motifs is 1. The van der Waals surface area contributed by atoms with Gasteiger partial charge in [0.2, 0.25) is 0 Å². The molecule has 2 fully saturated rings. The summed E-state index contributed by atoms with van der Waals surface area (Å²) >= 11 is 0. The van der Waals surface area contributed by atoms with Gasteiger partial charge in [0, 0.05) is 24.6 Å². The van der Waals surface area contributed by atoms with Gasteiger partial charge in [-0.05, 0) is 37.0 Å². The number of aliphatic hydroxyl groups excluding tert-OH is 1. The fourth-order valence-corrected chi connectivity index (χ4v) is 3.69. The first kappa shape index (κ1) is 14.5. The lowest BCUT2D eigenvalue weighted by molar-refractivity contribution is -0.0886.